The summed E-state index contributed by atoms with van der Waals surface area (Å²) in [6.45, 7) is 4.04. The third-order valence-corrected chi connectivity index (χ3v) is 2.64. The van der Waals surface area contributed by atoms with Crippen LogP contribution >= 0.6 is 0 Å². The molecular weight excluding hydrogens is 244 g/mol. The minimum absolute atomic E-state index is 0.115. The van der Waals surface area contributed by atoms with E-state index in [-0.39, 0.29) is 6.61 Å². The van der Waals surface area contributed by atoms with Gasteiger partial charge in [-0.25, -0.2) is 0 Å². The van der Waals surface area contributed by atoms with E-state index in [4.69, 9.17) is 19.3 Å². The molecule has 1 aliphatic heterocycles. The quantitative estimate of drug-likeness (QED) is 0.535. The van der Waals surface area contributed by atoms with Gasteiger partial charge in [0.05, 0.1) is 13.2 Å². The number of aliphatic hydroxyl groups is 3. The molecule has 0 radical (unpaired) electrons. The lowest BCUT2D eigenvalue weighted by Gasteiger charge is -2.28. The molecule has 0 aliphatic carbocycles. The number of carbonyl (C=O) groups is 1. The average molecular weight is 264 g/mol. The van der Waals surface area contributed by atoms with E-state index in [1.54, 1.807) is 13.8 Å². The van der Waals surface area contributed by atoms with Crippen molar-refractivity contribution in [1.82, 2.24) is 0 Å². The molecule has 0 amide bonds. The summed E-state index contributed by atoms with van der Waals surface area (Å²) in [6.07, 6.45) is -4.69. The minimum atomic E-state index is -1.44. The van der Waals surface area contributed by atoms with Gasteiger partial charge in [-0.3, -0.25) is 4.79 Å². The fourth-order valence-corrected chi connectivity index (χ4v) is 1.75. The summed E-state index contributed by atoms with van der Waals surface area (Å²) in [6, 6.07) is 0. The van der Waals surface area contributed by atoms with Gasteiger partial charge in [0.1, 0.15) is 18.3 Å². The van der Waals surface area contributed by atoms with E-state index in [2.05, 4.69) is 0 Å². The van der Waals surface area contributed by atoms with Crippen LogP contribution in [-0.2, 0) is 19.0 Å². The lowest BCUT2D eigenvalue weighted by molar-refractivity contribution is -0.181. The smallest absolute Gasteiger partial charge is 0.303 e. The number of hydrogen-bond donors (Lipinski definition) is 3. The van der Waals surface area contributed by atoms with Crippen LogP contribution in [0.25, 0.3) is 0 Å². The van der Waals surface area contributed by atoms with Gasteiger partial charge in [-0.2, -0.15) is 0 Å². The van der Waals surface area contributed by atoms with Gasteiger partial charge in [0.15, 0.2) is 11.9 Å². The van der Waals surface area contributed by atoms with Gasteiger partial charge in [0.2, 0.25) is 0 Å². The Kier molecular flexibility index (Phi) is 5.06. The van der Waals surface area contributed by atoms with Crippen molar-refractivity contribution in [1.29, 1.82) is 0 Å². The van der Waals surface area contributed by atoms with Crippen LogP contribution in [0.5, 0.6) is 0 Å². The van der Waals surface area contributed by atoms with Crippen LogP contribution in [0.4, 0.5) is 0 Å². The molecule has 1 aliphatic rings. The first kappa shape index (κ1) is 15.3. The van der Waals surface area contributed by atoms with E-state index in [0.29, 0.717) is 0 Å². The third kappa shape index (κ3) is 3.89. The van der Waals surface area contributed by atoms with Crippen LogP contribution < -0.4 is 0 Å². The maximum absolute atomic E-state index is 10.8. The summed E-state index contributed by atoms with van der Waals surface area (Å²) in [4.78, 5) is 10.8. The molecule has 1 heterocycles. The summed E-state index contributed by atoms with van der Waals surface area (Å²) in [5.41, 5.74) is 0. The molecule has 0 aromatic heterocycles. The predicted octanol–water partition coefficient (Wildman–Crippen LogP) is -1.22. The summed E-state index contributed by atoms with van der Waals surface area (Å²) in [7, 11) is 0. The highest BCUT2D eigenvalue weighted by atomic mass is 16.7. The zero-order valence-electron chi connectivity index (χ0n) is 10.7. The Balaban J connectivity index is 2.59. The second-order valence-electron chi connectivity index (χ2n) is 4.68. The molecule has 0 aromatic rings. The zero-order chi connectivity index (χ0) is 13.9. The number of aliphatic hydroxyl groups excluding tert-OH is 3. The number of ether oxygens (including phenoxy) is 3. The lowest BCUT2D eigenvalue weighted by Crippen LogP contribution is -2.48. The Hall–Kier alpha value is -0.730. The van der Waals surface area contributed by atoms with E-state index >= 15 is 0 Å². The topological polar surface area (TPSA) is 105 Å². The molecule has 0 saturated carbocycles. The predicted molar refractivity (Wildman–Crippen MR) is 59.6 cm³/mol. The molecule has 3 N–H and O–H groups in total. The van der Waals surface area contributed by atoms with Gasteiger partial charge in [-0.1, -0.05) is 0 Å². The molecule has 0 unspecified atom stereocenters. The van der Waals surface area contributed by atoms with Crippen molar-refractivity contribution in [2.75, 3.05) is 13.2 Å². The molecule has 0 aromatic carbocycles. The average Bonchev–Trinajstić information content (AvgIpc) is 2.64. The van der Waals surface area contributed by atoms with Gasteiger partial charge in [0, 0.05) is 6.92 Å². The van der Waals surface area contributed by atoms with E-state index in [1.165, 1.54) is 0 Å². The monoisotopic (exact) mass is 264 g/mol. The first-order valence-electron chi connectivity index (χ1n) is 5.73. The Labute approximate surface area is 105 Å². The van der Waals surface area contributed by atoms with Crippen LogP contribution in [0.3, 0.4) is 0 Å². The number of esters is 1. The van der Waals surface area contributed by atoms with Crippen LogP contribution in [0, 0.1) is 0 Å². The van der Waals surface area contributed by atoms with Gasteiger partial charge >= 0.3 is 5.97 Å². The molecule has 7 nitrogen and oxygen atoms in total. The molecular formula is C11H20O7. The number of rotatable bonds is 5. The molecule has 106 valence electrons. The van der Waals surface area contributed by atoms with E-state index < -0.39 is 42.8 Å². The van der Waals surface area contributed by atoms with E-state index in [1.807, 2.05) is 0 Å². The number of carbonyl (C=O) groups excluding carboxylic acids is 1. The van der Waals surface area contributed by atoms with Gasteiger partial charge in [-0.15, -0.1) is 0 Å². The molecule has 18 heavy (non-hydrogen) atoms. The summed E-state index contributed by atoms with van der Waals surface area (Å²) >= 11 is 0. The summed E-state index contributed by atoms with van der Waals surface area (Å²) in [5, 5.41) is 28.8. The highest BCUT2D eigenvalue weighted by Crippen LogP contribution is 2.26. The normalized spacial score (nSPS) is 27.6. The highest BCUT2D eigenvalue weighted by Gasteiger charge is 2.42. The second-order valence-corrected chi connectivity index (χ2v) is 4.68. The van der Waals surface area contributed by atoms with Crippen molar-refractivity contribution in [3.05, 3.63) is 0 Å². The second kappa shape index (κ2) is 5.94. The molecule has 1 saturated heterocycles. The van der Waals surface area contributed by atoms with Crippen LogP contribution in [0.15, 0.2) is 0 Å². The van der Waals surface area contributed by atoms with Crippen LogP contribution in [-0.4, -0.2) is 64.7 Å². The Morgan fingerprint density at radius 2 is 2.11 bits per heavy atom. The number of hydrogen-bond acceptors (Lipinski definition) is 7. The maximum atomic E-state index is 10.8. The maximum Gasteiger partial charge on any atom is 0.303 e. The van der Waals surface area contributed by atoms with Gasteiger partial charge in [-0.05, 0) is 13.8 Å². The van der Waals surface area contributed by atoms with Crippen LogP contribution in [0.1, 0.15) is 20.8 Å². The fourth-order valence-electron chi connectivity index (χ4n) is 1.75. The van der Waals surface area contributed by atoms with Gasteiger partial charge < -0.3 is 29.5 Å². The third-order valence-electron chi connectivity index (χ3n) is 2.64. The molecule has 1 fully saturated rings. The first-order valence-corrected chi connectivity index (χ1v) is 5.73. The van der Waals surface area contributed by atoms with Crippen molar-refractivity contribution in [3.63, 3.8) is 0 Å². The van der Waals surface area contributed by atoms with E-state index in [9.17, 15) is 15.0 Å². The lowest BCUT2D eigenvalue weighted by atomic mass is 10.0. The Morgan fingerprint density at radius 3 is 2.50 bits per heavy atom. The zero-order valence-corrected chi connectivity index (χ0v) is 10.7. The van der Waals surface area contributed by atoms with Crippen molar-refractivity contribution < 1.29 is 34.3 Å². The molecule has 0 bridgehead atoms. The Morgan fingerprint density at radius 1 is 1.50 bits per heavy atom. The molecule has 4 atom stereocenters. The standard InChI is InChI=1S/C11H20O7/c1-6(13)17-7(4-12)9(14)10(15)8-5-16-11(2,3)18-8/h7-10,12,14-15H,4-5H2,1-3H3/t7-,8-,9-,10-/m1/s1. The largest absolute Gasteiger partial charge is 0.457 e. The van der Waals surface area contributed by atoms with Crippen LogP contribution in [0.2, 0.25) is 0 Å². The molecule has 0 spiro atoms. The van der Waals surface area contributed by atoms with Crippen molar-refractivity contribution in [2.24, 2.45) is 0 Å². The molecule has 7 heteroatoms. The first-order chi connectivity index (χ1) is 8.26. The van der Waals surface area contributed by atoms with Crippen molar-refractivity contribution in [3.8, 4) is 0 Å². The highest BCUT2D eigenvalue weighted by molar-refractivity contribution is 5.66. The van der Waals surface area contributed by atoms with E-state index in [0.717, 1.165) is 6.92 Å². The minimum Gasteiger partial charge on any atom is -0.457 e. The summed E-state index contributed by atoms with van der Waals surface area (Å²) < 4.78 is 15.3. The van der Waals surface area contributed by atoms with Crippen molar-refractivity contribution in [2.45, 2.75) is 51.0 Å². The van der Waals surface area contributed by atoms with Gasteiger partial charge in [0.25, 0.3) is 0 Å². The van der Waals surface area contributed by atoms with Crippen molar-refractivity contribution >= 4 is 5.97 Å². The summed E-state index contributed by atoms with van der Waals surface area (Å²) in [5.74, 6) is -1.48. The fraction of sp³-hybridized carbons (Fsp3) is 0.909. The Bertz CT molecular complexity index is 291. The molecule has 1 rings (SSSR count). The SMILES string of the molecule is CC(=O)O[C@H](CO)[C@@H](O)[C@H](O)[C@H]1COC(C)(C)O1.